The molecule has 0 aliphatic heterocycles. The zero-order chi connectivity index (χ0) is 24.2. The largest absolute Gasteiger partial charge is 0.494 e. The number of ether oxygens (including phenoxy) is 1. The van der Waals surface area contributed by atoms with E-state index < -0.39 is 0 Å². The summed E-state index contributed by atoms with van der Waals surface area (Å²) >= 11 is 0. The zero-order valence-electron chi connectivity index (χ0n) is 20.5. The first-order chi connectivity index (χ1) is 16.0. The fourth-order valence-electron chi connectivity index (χ4n) is 3.47. The van der Waals surface area contributed by atoms with E-state index in [0.29, 0.717) is 18.7 Å². The number of hydrazine groups is 1. The molecule has 0 atom stereocenters. The van der Waals surface area contributed by atoms with Gasteiger partial charge in [0, 0.05) is 24.9 Å². The number of nitrogens with one attached hydrogen (secondary N) is 3. The summed E-state index contributed by atoms with van der Waals surface area (Å²) in [5, 5.41) is 2.73. The average Bonchev–Trinajstić information content (AvgIpc) is 2.81. The lowest BCUT2D eigenvalue weighted by Crippen LogP contribution is -2.41. The van der Waals surface area contributed by atoms with Crippen molar-refractivity contribution < 1.29 is 19.1 Å². The Morgan fingerprint density at radius 1 is 0.636 bits per heavy atom. The predicted octanol–water partition coefficient (Wildman–Crippen LogP) is 5.65. The normalized spacial score (nSPS) is 10.5. The van der Waals surface area contributed by atoms with Crippen LogP contribution in [0.1, 0.15) is 104 Å². The topological polar surface area (TPSA) is 96.5 Å². The van der Waals surface area contributed by atoms with Crippen LogP contribution in [0.5, 0.6) is 5.75 Å². The van der Waals surface area contributed by atoms with Gasteiger partial charge >= 0.3 is 0 Å². The molecule has 0 radical (unpaired) electrons. The second kappa shape index (κ2) is 18.9. The van der Waals surface area contributed by atoms with Crippen molar-refractivity contribution in [3.05, 3.63) is 24.3 Å². The van der Waals surface area contributed by atoms with Crippen LogP contribution in [-0.4, -0.2) is 24.3 Å². The molecule has 0 aliphatic rings. The number of amides is 3. The SMILES string of the molecule is CCCCCCCCCCCCCC(=O)NNC(=O)CCC(=O)Nc1ccc(OCC)cc1. The van der Waals surface area contributed by atoms with Gasteiger partial charge in [-0.25, -0.2) is 0 Å². The van der Waals surface area contributed by atoms with Crippen LogP contribution < -0.4 is 20.9 Å². The van der Waals surface area contributed by atoms with E-state index in [0.717, 1.165) is 25.0 Å². The average molecular weight is 462 g/mol. The van der Waals surface area contributed by atoms with E-state index in [1.165, 1.54) is 51.4 Å². The highest BCUT2D eigenvalue weighted by molar-refractivity contribution is 5.93. The summed E-state index contributed by atoms with van der Waals surface area (Å²) in [5.41, 5.74) is 5.45. The van der Waals surface area contributed by atoms with Crippen LogP contribution in [0, 0.1) is 0 Å². The minimum Gasteiger partial charge on any atom is -0.494 e. The second-order valence-electron chi connectivity index (χ2n) is 8.39. The van der Waals surface area contributed by atoms with Crippen molar-refractivity contribution >= 4 is 23.4 Å². The molecular weight excluding hydrogens is 418 g/mol. The summed E-state index contributed by atoms with van der Waals surface area (Å²) in [5.74, 6) is -0.109. The summed E-state index contributed by atoms with van der Waals surface area (Å²) < 4.78 is 5.36. The minimum atomic E-state index is -0.385. The van der Waals surface area contributed by atoms with Gasteiger partial charge in [-0.1, -0.05) is 71.1 Å². The Balaban J connectivity index is 2.00. The Morgan fingerprint density at radius 3 is 1.67 bits per heavy atom. The molecule has 186 valence electrons. The van der Waals surface area contributed by atoms with Crippen molar-refractivity contribution in [2.75, 3.05) is 11.9 Å². The fraction of sp³-hybridized carbons (Fsp3) is 0.654. The third-order valence-electron chi connectivity index (χ3n) is 5.38. The van der Waals surface area contributed by atoms with Gasteiger partial charge in [-0.2, -0.15) is 0 Å². The van der Waals surface area contributed by atoms with Gasteiger partial charge in [0.2, 0.25) is 17.7 Å². The first-order valence-electron chi connectivity index (χ1n) is 12.7. The predicted molar refractivity (Wildman–Crippen MR) is 133 cm³/mol. The maximum absolute atomic E-state index is 12.0. The van der Waals surface area contributed by atoms with Crippen molar-refractivity contribution in [3.8, 4) is 5.75 Å². The number of rotatable bonds is 18. The number of anilines is 1. The smallest absolute Gasteiger partial charge is 0.238 e. The van der Waals surface area contributed by atoms with Crippen LogP contribution in [0.2, 0.25) is 0 Å². The summed E-state index contributed by atoms with van der Waals surface area (Å²) in [7, 11) is 0. The molecule has 0 fully saturated rings. The lowest BCUT2D eigenvalue weighted by atomic mass is 10.1. The molecule has 33 heavy (non-hydrogen) atoms. The number of carbonyl (C=O) groups is 3. The van der Waals surface area contributed by atoms with E-state index in [1.807, 2.05) is 6.92 Å². The summed E-state index contributed by atoms with van der Waals surface area (Å²) in [4.78, 5) is 35.7. The van der Waals surface area contributed by atoms with Crippen molar-refractivity contribution in [1.82, 2.24) is 10.9 Å². The standard InChI is InChI=1S/C26H43N3O4/c1-3-5-6-7-8-9-10-11-12-13-14-15-25(31)28-29-26(32)21-20-24(30)27-22-16-18-23(19-17-22)33-4-2/h16-19H,3-15,20-21H2,1-2H3,(H,27,30)(H,28,31)(H,29,32). The Labute approximate surface area is 199 Å². The molecule has 0 bridgehead atoms. The molecule has 0 unspecified atom stereocenters. The van der Waals surface area contributed by atoms with Gasteiger partial charge in [0.1, 0.15) is 5.75 Å². The summed E-state index contributed by atoms with van der Waals surface area (Å²) in [6, 6.07) is 7.05. The van der Waals surface area contributed by atoms with E-state index in [2.05, 4.69) is 23.1 Å². The third kappa shape index (κ3) is 15.8. The van der Waals surface area contributed by atoms with Crippen LogP contribution >= 0.6 is 0 Å². The van der Waals surface area contributed by atoms with E-state index in [-0.39, 0.29) is 30.6 Å². The second-order valence-corrected chi connectivity index (χ2v) is 8.39. The van der Waals surface area contributed by atoms with Gasteiger partial charge in [-0.05, 0) is 37.6 Å². The Hall–Kier alpha value is -2.57. The lowest BCUT2D eigenvalue weighted by Gasteiger charge is -2.09. The Morgan fingerprint density at radius 2 is 1.12 bits per heavy atom. The van der Waals surface area contributed by atoms with Gasteiger partial charge in [-0.3, -0.25) is 25.2 Å². The van der Waals surface area contributed by atoms with Crippen LogP contribution in [0.4, 0.5) is 5.69 Å². The van der Waals surface area contributed by atoms with Gasteiger partial charge in [0.15, 0.2) is 0 Å². The Kier molecular flexibility index (Phi) is 16.3. The van der Waals surface area contributed by atoms with Gasteiger partial charge < -0.3 is 10.1 Å². The molecule has 3 N–H and O–H groups in total. The molecule has 3 amide bonds. The van der Waals surface area contributed by atoms with E-state index in [4.69, 9.17) is 4.74 Å². The number of hydrogen-bond donors (Lipinski definition) is 3. The first kappa shape index (κ1) is 28.5. The highest BCUT2D eigenvalue weighted by atomic mass is 16.5. The number of benzene rings is 1. The summed E-state index contributed by atoms with van der Waals surface area (Å²) in [6.45, 7) is 4.72. The molecule has 0 spiro atoms. The molecule has 0 heterocycles. The third-order valence-corrected chi connectivity index (χ3v) is 5.38. The van der Waals surface area contributed by atoms with E-state index in [9.17, 15) is 14.4 Å². The molecule has 1 aromatic rings. The van der Waals surface area contributed by atoms with Crippen LogP contribution in [0.25, 0.3) is 0 Å². The van der Waals surface area contributed by atoms with Crippen LogP contribution in [0.3, 0.4) is 0 Å². The Bertz CT molecular complexity index is 677. The molecule has 0 aromatic heterocycles. The molecule has 0 aliphatic carbocycles. The van der Waals surface area contributed by atoms with E-state index >= 15 is 0 Å². The quantitative estimate of drug-likeness (QED) is 0.194. The number of hydrogen-bond acceptors (Lipinski definition) is 4. The van der Waals surface area contributed by atoms with Gasteiger partial charge in [0.25, 0.3) is 0 Å². The van der Waals surface area contributed by atoms with Crippen molar-refractivity contribution in [2.45, 2.75) is 104 Å². The lowest BCUT2D eigenvalue weighted by molar-refractivity contribution is -0.129. The van der Waals surface area contributed by atoms with Crippen LogP contribution in [0.15, 0.2) is 24.3 Å². The molecular formula is C26H43N3O4. The maximum atomic E-state index is 12.0. The summed E-state index contributed by atoms with van der Waals surface area (Å²) in [6.07, 6.45) is 14.0. The van der Waals surface area contributed by atoms with Crippen molar-refractivity contribution in [1.29, 1.82) is 0 Å². The van der Waals surface area contributed by atoms with Gasteiger partial charge in [-0.15, -0.1) is 0 Å². The monoisotopic (exact) mass is 461 g/mol. The maximum Gasteiger partial charge on any atom is 0.238 e. The zero-order valence-corrected chi connectivity index (χ0v) is 20.5. The highest BCUT2D eigenvalue weighted by Gasteiger charge is 2.09. The van der Waals surface area contributed by atoms with Crippen molar-refractivity contribution in [3.63, 3.8) is 0 Å². The fourth-order valence-corrected chi connectivity index (χ4v) is 3.47. The molecule has 7 heteroatoms. The van der Waals surface area contributed by atoms with Crippen molar-refractivity contribution in [2.24, 2.45) is 0 Å². The molecule has 0 saturated heterocycles. The van der Waals surface area contributed by atoms with E-state index in [1.54, 1.807) is 24.3 Å². The molecule has 0 saturated carbocycles. The highest BCUT2D eigenvalue weighted by Crippen LogP contribution is 2.16. The first-order valence-corrected chi connectivity index (χ1v) is 12.7. The van der Waals surface area contributed by atoms with Gasteiger partial charge in [0.05, 0.1) is 6.61 Å². The molecule has 7 nitrogen and oxygen atoms in total. The number of unbranched alkanes of at least 4 members (excludes halogenated alkanes) is 10. The van der Waals surface area contributed by atoms with Crippen LogP contribution in [-0.2, 0) is 14.4 Å². The number of carbonyl (C=O) groups excluding carboxylic acids is 3. The molecule has 1 rings (SSSR count). The minimum absolute atomic E-state index is 0.00157. The molecule has 1 aromatic carbocycles.